The Hall–Kier alpha value is -1.72. The maximum atomic E-state index is 5.68. The predicted octanol–water partition coefficient (Wildman–Crippen LogP) is 2.14. The molecule has 0 radical (unpaired) electrons. The Labute approximate surface area is 119 Å². The summed E-state index contributed by atoms with van der Waals surface area (Å²) in [4.78, 5) is 4.04. The van der Waals surface area contributed by atoms with E-state index in [2.05, 4.69) is 27.4 Å². The molecule has 1 saturated carbocycles. The molecule has 2 aromatic heterocycles. The monoisotopic (exact) mass is 271 g/mol. The van der Waals surface area contributed by atoms with Crippen LogP contribution in [0.2, 0.25) is 0 Å². The van der Waals surface area contributed by atoms with E-state index < -0.39 is 0 Å². The highest BCUT2D eigenvalue weighted by atomic mass is 15.3. The average molecular weight is 271 g/mol. The van der Waals surface area contributed by atoms with Crippen molar-refractivity contribution in [1.82, 2.24) is 20.2 Å². The van der Waals surface area contributed by atoms with Crippen LogP contribution in [0.5, 0.6) is 0 Å². The second kappa shape index (κ2) is 6.15. The third-order valence-electron chi connectivity index (χ3n) is 4.09. The second-order valence-electron chi connectivity index (χ2n) is 5.43. The van der Waals surface area contributed by atoms with E-state index in [0.717, 1.165) is 17.7 Å². The van der Waals surface area contributed by atoms with Crippen LogP contribution in [0.25, 0.3) is 0 Å². The van der Waals surface area contributed by atoms with Crippen molar-refractivity contribution in [3.63, 3.8) is 0 Å². The lowest BCUT2D eigenvalue weighted by Gasteiger charge is -2.15. The summed E-state index contributed by atoms with van der Waals surface area (Å²) in [6, 6.07) is 6.74. The fourth-order valence-electron chi connectivity index (χ4n) is 2.94. The molecule has 3 rings (SSSR count). The maximum absolute atomic E-state index is 5.68. The van der Waals surface area contributed by atoms with Gasteiger partial charge in [0.2, 0.25) is 0 Å². The average Bonchev–Trinajstić information content (AvgIpc) is 3.16. The number of nitrogens with one attached hydrogen (secondary N) is 1. The van der Waals surface area contributed by atoms with Crippen LogP contribution in [0.1, 0.15) is 49.0 Å². The number of nitrogens with two attached hydrogens (primary N) is 1. The number of nitrogens with zero attached hydrogens (tertiary/aromatic N) is 3. The third kappa shape index (κ3) is 2.89. The van der Waals surface area contributed by atoms with Crippen LogP contribution < -0.4 is 11.3 Å². The zero-order valence-corrected chi connectivity index (χ0v) is 11.6. The summed E-state index contributed by atoms with van der Waals surface area (Å²) in [6.07, 6.45) is 11.6. The molecule has 0 amide bonds. The van der Waals surface area contributed by atoms with Gasteiger partial charge in [-0.05, 0) is 36.6 Å². The van der Waals surface area contributed by atoms with E-state index >= 15 is 0 Å². The van der Waals surface area contributed by atoms with Crippen molar-refractivity contribution in [2.24, 2.45) is 5.84 Å². The predicted molar refractivity (Wildman–Crippen MR) is 77.7 cm³/mol. The first-order valence-corrected chi connectivity index (χ1v) is 7.27. The molecule has 3 N–H and O–H groups in total. The van der Waals surface area contributed by atoms with E-state index in [1.807, 2.05) is 12.1 Å². The van der Waals surface area contributed by atoms with Gasteiger partial charge in [0, 0.05) is 25.0 Å². The largest absolute Gasteiger partial charge is 0.271 e. The topological polar surface area (TPSA) is 68.8 Å². The molecular formula is C15H21N5. The molecule has 1 atom stereocenters. The number of rotatable bonds is 5. The summed E-state index contributed by atoms with van der Waals surface area (Å²) < 4.78 is 2.13. The van der Waals surface area contributed by atoms with Crippen LogP contribution in [0.4, 0.5) is 0 Å². The van der Waals surface area contributed by atoms with E-state index in [0.29, 0.717) is 6.04 Å². The minimum atomic E-state index is 0.0740. The third-order valence-corrected chi connectivity index (χ3v) is 4.09. The van der Waals surface area contributed by atoms with Gasteiger partial charge in [-0.25, -0.2) is 0 Å². The molecule has 0 aromatic carbocycles. The molecule has 5 heteroatoms. The van der Waals surface area contributed by atoms with Crippen molar-refractivity contribution >= 4 is 0 Å². The van der Waals surface area contributed by atoms with Crippen molar-refractivity contribution in [2.45, 2.75) is 44.2 Å². The Bertz CT molecular complexity index is 530. The first-order valence-electron chi connectivity index (χ1n) is 7.27. The molecular weight excluding hydrogens is 250 g/mol. The Morgan fingerprint density at radius 3 is 2.70 bits per heavy atom. The molecule has 0 spiro atoms. The van der Waals surface area contributed by atoms with Gasteiger partial charge >= 0.3 is 0 Å². The van der Waals surface area contributed by atoms with Gasteiger partial charge in [-0.15, -0.1) is 0 Å². The van der Waals surface area contributed by atoms with Crippen molar-refractivity contribution < 1.29 is 0 Å². The summed E-state index contributed by atoms with van der Waals surface area (Å²) in [5.74, 6) is 5.68. The first-order chi connectivity index (χ1) is 9.86. The number of aromatic nitrogens is 3. The second-order valence-corrected chi connectivity index (χ2v) is 5.43. The summed E-state index contributed by atoms with van der Waals surface area (Å²) in [5, 5.41) is 4.71. The van der Waals surface area contributed by atoms with Crippen LogP contribution in [-0.2, 0) is 6.42 Å². The van der Waals surface area contributed by atoms with Gasteiger partial charge in [-0.1, -0.05) is 12.8 Å². The molecule has 0 aliphatic heterocycles. The number of pyridine rings is 1. The Morgan fingerprint density at radius 2 is 2.00 bits per heavy atom. The molecule has 2 heterocycles. The normalized spacial score (nSPS) is 17.4. The van der Waals surface area contributed by atoms with Crippen molar-refractivity contribution in [2.75, 3.05) is 0 Å². The highest BCUT2D eigenvalue weighted by Gasteiger charge is 2.18. The SMILES string of the molecule is NNC(Cc1ccn(C2CCCC2)n1)c1ccncc1. The highest BCUT2D eigenvalue weighted by Crippen LogP contribution is 2.29. The fraction of sp³-hybridized carbons (Fsp3) is 0.467. The quantitative estimate of drug-likeness (QED) is 0.646. The van der Waals surface area contributed by atoms with E-state index in [9.17, 15) is 0 Å². The molecule has 0 saturated heterocycles. The van der Waals surface area contributed by atoms with Crippen LogP contribution in [0, 0.1) is 0 Å². The minimum absolute atomic E-state index is 0.0740. The first kappa shape index (κ1) is 13.3. The van der Waals surface area contributed by atoms with E-state index in [1.165, 1.54) is 25.7 Å². The molecule has 1 unspecified atom stereocenters. The van der Waals surface area contributed by atoms with Gasteiger partial charge in [0.1, 0.15) is 0 Å². The number of hydrazine groups is 1. The van der Waals surface area contributed by atoms with Crippen LogP contribution >= 0.6 is 0 Å². The summed E-state index contributed by atoms with van der Waals surface area (Å²) in [5.41, 5.74) is 5.09. The number of hydrogen-bond donors (Lipinski definition) is 2. The zero-order valence-electron chi connectivity index (χ0n) is 11.6. The standard InChI is InChI=1S/C15H21N5/c16-18-15(12-5-8-17-9-6-12)11-13-7-10-20(19-13)14-3-1-2-4-14/h5-10,14-15,18H,1-4,11,16H2. The fourth-order valence-corrected chi connectivity index (χ4v) is 2.94. The molecule has 2 aromatic rings. The van der Waals surface area contributed by atoms with Gasteiger partial charge in [-0.3, -0.25) is 20.9 Å². The van der Waals surface area contributed by atoms with Crippen LogP contribution in [0.15, 0.2) is 36.8 Å². The summed E-state index contributed by atoms with van der Waals surface area (Å²) in [6.45, 7) is 0. The number of hydrogen-bond acceptors (Lipinski definition) is 4. The van der Waals surface area contributed by atoms with E-state index in [-0.39, 0.29) is 6.04 Å². The van der Waals surface area contributed by atoms with Crippen molar-refractivity contribution in [3.05, 3.63) is 48.0 Å². The molecule has 1 fully saturated rings. The van der Waals surface area contributed by atoms with Gasteiger partial charge in [0.25, 0.3) is 0 Å². The molecule has 20 heavy (non-hydrogen) atoms. The van der Waals surface area contributed by atoms with Crippen LogP contribution in [-0.4, -0.2) is 14.8 Å². The zero-order chi connectivity index (χ0) is 13.8. The lowest BCUT2D eigenvalue weighted by molar-refractivity contribution is 0.457. The minimum Gasteiger partial charge on any atom is -0.271 e. The molecule has 106 valence electrons. The van der Waals surface area contributed by atoms with E-state index in [1.54, 1.807) is 12.4 Å². The lowest BCUT2D eigenvalue weighted by atomic mass is 10.0. The molecule has 1 aliphatic carbocycles. The van der Waals surface area contributed by atoms with Gasteiger partial charge < -0.3 is 0 Å². The lowest BCUT2D eigenvalue weighted by Crippen LogP contribution is -2.29. The smallest absolute Gasteiger partial charge is 0.0644 e. The van der Waals surface area contributed by atoms with Gasteiger partial charge in [-0.2, -0.15) is 5.10 Å². The summed E-state index contributed by atoms with van der Waals surface area (Å²) in [7, 11) is 0. The van der Waals surface area contributed by atoms with Crippen molar-refractivity contribution in [3.8, 4) is 0 Å². The Balaban J connectivity index is 1.70. The van der Waals surface area contributed by atoms with Gasteiger partial charge in [0.05, 0.1) is 17.8 Å². The highest BCUT2D eigenvalue weighted by molar-refractivity contribution is 5.17. The molecule has 0 bridgehead atoms. The Kier molecular flexibility index (Phi) is 4.08. The van der Waals surface area contributed by atoms with Crippen LogP contribution in [0.3, 0.4) is 0 Å². The maximum Gasteiger partial charge on any atom is 0.0644 e. The van der Waals surface area contributed by atoms with Crippen molar-refractivity contribution in [1.29, 1.82) is 0 Å². The molecule has 1 aliphatic rings. The van der Waals surface area contributed by atoms with E-state index in [4.69, 9.17) is 10.9 Å². The molecule has 5 nitrogen and oxygen atoms in total. The Morgan fingerprint density at radius 1 is 1.25 bits per heavy atom. The summed E-state index contributed by atoms with van der Waals surface area (Å²) >= 11 is 0. The van der Waals surface area contributed by atoms with Gasteiger partial charge in [0.15, 0.2) is 0 Å².